The van der Waals surface area contributed by atoms with Gasteiger partial charge < -0.3 is 23.4 Å². The molecule has 3 N–H and O–H groups in total. The van der Waals surface area contributed by atoms with Gasteiger partial charge in [-0.2, -0.15) is 0 Å². The Labute approximate surface area is 171 Å². The average Bonchev–Trinajstić information content (AvgIpc) is 3.38. The summed E-state index contributed by atoms with van der Waals surface area (Å²) in [6, 6.07) is 17.0. The summed E-state index contributed by atoms with van der Waals surface area (Å²) in [5, 5.41) is 20.5. The summed E-state index contributed by atoms with van der Waals surface area (Å²) in [6.07, 6.45) is 5.09. The molecule has 0 saturated heterocycles. The van der Waals surface area contributed by atoms with Gasteiger partial charge in [0.1, 0.15) is 5.58 Å². The normalized spacial score (nSPS) is 13.5. The Balaban J connectivity index is 1.48. The number of furan rings is 2. The van der Waals surface area contributed by atoms with Crippen LogP contribution in [0.4, 0.5) is 0 Å². The third kappa shape index (κ3) is 4.58. The van der Waals surface area contributed by atoms with Gasteiger partial charge in [0.05, 0.1) is 24.7 Å². The van der Waals surface area contributed by atoms with Gasteiger partial charge in [-0.05, 0) is 29.7 Å². The van der Waals surface area contributed by atoms with E-state index in [1.807, 2.05) is 54.6 Å². The Bertz CT molecular complexity index is 1070. The Hall–Kier alpha value is -2.49. The summed E-state index contributed by atoms with van der Waals surface area (Å²) in [4.78, 5) is 0. The molecule has 4 rings (SSSR count). The highest BCUT2D eigenvalue weighted by molar-refractivity contribution is 7.88. The molecule has 0 spiro atoms. The Morgan fingerprint density at radius 2 is 1.79 bits per heavy atom. The zero-order valence-corrected chi connectivity index (χ0v) is 16.3. The quantitative estimate of drug-likeness (QED) is 0.305. The molecule has 0 amide bonds. The first-order valence-corrected chi connectivity index (χ1v) is 10.5. The van der Waals surface area contributed by atoms with Crippen LogP contribution in [0.3, 0.4) is 0 Å². The minimum absolute atomic E-state index is 0.219. The summed E-state index contributed by atoms with van der Waals surface area (Å²) in [6.45, 7) is 0. The van der Waals surface area contributed by atoms with E-state index < -0.39 is 24.4 Å². The first-order valence-electron chi connectivity index (χ1n) is 9.18. The van der Waals surface area contributed by atoms with Gasteiger partial charge in [-0.1, -0.05) is 42.5 Å². The number of nitrogens with one attached hydrogen (secondary N) is 1. The van der Waals surface area contributed by atoms with E-state index in [-0.39, 0.29) is 12.2 Å². The molecule has 0 aliphatic heterocycles. The maximum atomic E-state index is 12.8. The average molecular weight is 409 g/mol. The van der Waals surface area contributed by atoms with E-state index in [0.29, 0.717) is 0 Å². The third-order valence-corrected chi connectivity index (χ3v) is 5.92. The number of hydrogen-bond donors (Lipinski definition) is 3. The monoisotopic (exact) mass is 409 g/mol. The van der Waals surface area contributed by atoms with E-state index in [0.717, 1.165) is 33.2 Å². The van der Waals surface area contributed by atoms with Crippen molar-refractivity contribution in [2.75, 3.05) is 0 Å². The van der Waals surface area contributed by atoms with Crippen LogP contribution in [0.1, 0.15) is 11.1 Å². The summed E-state index contributed by atoms with van der Waals surface area (Å²) in [7, 11) is -1.67. The molecule has 8 heteroatoms. The maximum Gasteiger partial charge on any atom is 0.474 e. The van der Waals surface area contributed by atoms with Crippen molar-refractivity contribution in [3.05, 3.63) is 84.5 Å². The van der Waals surface area contributed by atoms with E-state index >= 15 is 0 Å². The molecule has 0 bridgehead atoms. The minimum Gasteiger partial charge on any atom is -0.598 e. The summed E-state index contributed by atoms with van der Waals surface area (Å²) < 4.78 is 26.3. The van der Waals surface area contributed by atoms with E-state index in [9.17, 15) is 14.6 Å². The summed E-state index contributed by atoms with van der Waals surface area (Å²) in [5.41, 5.74) is 4.25. The van der Waals surface area contributed by atoms with E-state index in [2.05, 4.69) is 4.72 Å². The van der Waals surface area contributed by atoms with Crippen molar-refractivity contribution < 1.29 is 23.4 Å². The van der Waals surface area contributed by atoms with Crippen molar-refractivity contribution in [3.63, 3.8) is 0 Å². The lowest BCUT2D eigenvalue weighted by molar-refractivity contribution is 0.379. The fourth-order valence-corrected chi connectivity index (χ4v) is 4.49. The van der Waals surface area contributed by atoms with E-state index in [1.165, 1.54) is 0 Å². The second-order valence-corrected chi connectivity index (χ2v) is 7.97. The number of para-hydroxylation sites is 1. The molecule has 0 saturated carbocycles. The zero-order chi connectivity index (χ0) is 20.2. The Morgan fingerprint density at radius 1 is 1.00 bits per heavy atom. The summed E-state index contributed by atoms with van der Waals surface area (Å²) >= 11 is -1.52. The van der Waals surface area contributed by atoms with Crippen LogP contribution in [0.15, 0.2) is 82.2 Å². The van der Waals surface area contributed by atoms with Gasteiger partial charge in [0, 0.05) is 27.9 Å². The number of rotatable bonds is 8. The molecule has 2 heterocycles. The molecular weight excluding hydrogens is 389 g/mol. The molecule has 0 aliphatic carbocycles. The van der Waals surface area contributed by atoms with Crippen molar-refractivity contribution in [2.45, 2.75) is 18.1 Å². The second kappa shape index (κ2) is 8.90. The lowest BCUT2D eigenvalue weighted by atomic mass is 9.77. The second-order valence-electron chi connectivity index (χ2n) is 6.76. The van der Waals surface area contributed by atoms with Gasteiger partial charge in [-0.25, -0.2) is 0 Å². The van der Waals surface area contributed by atoms with Crippen LogP contribution in [0, 0.1) is 0 Å². The van der Waals surface area contributed by atoms with Gasteiger partial charge >= 0.3 is 7.12 Å². The topological polar surface area (TPSA) is 102 Å². The molecule has 29 heavy (non-hydrogen) atoms. The molecule has 0 aliphatic rings. The molecule has 2 aromatic heterocycles. The predicted molar refractivity (Wildman–Crippen MR) is 113 cm³/mol. The molecule has 2 unspecified atom stereocenters. The standard InChI is InChI=1S/C21H20BNO5S/c24-22(25)21(11-17-13-28-20-8-4-3-7-19(17)20)23-29(26)14-16-5-1-2-6-18(16)15-9-10-27-12-15/h1-10,12-13,21,23-25H,11,14H2. The maximum absolute atomic E-state index is 12.8. The van der Waals surface area contributed by atoms with E-state index in [4.69, 9.17) is 8.83 Å². The first-order chi connectivity index (χ1) is 14.1. The fraction of sp³-hybridized carbons (Fsp3) is 0.143. The molecule has 6 nitrogen and oxygen atoms in total. The van der Waals surface area contributed by atoms with Gasteiger partial charge in [0.15, 0.2) is 5.75 Å². The molecule has 2 aromatic carbocycles. The van der Waals surface area contributed by atoms with Crippen LogP contribution in [0.25, 0.3) is 22.1 Å². The Kier molecular flexibility index (Phi) is 6.08. The Morgan fingerprint density at radius 3 is 2.59 bits per heavy atom. The molecule has 0 radical (unpaired) electrons. The fourth-order valence-electron chi connectivity index (χ4n) is 3.33. The highest BCUT2D eigenvalue weighted by atomic mass is 32.2. The predicted octanol–water partition coefficient (Wildman–Crippen LogP) is 3.07. The van der Waals surface area contributed by atoms with Crippen molar-refractivity contribution in [3.8, 4) is 11.1 Å². The summed E-state index contributed by atoms with van der Waals surface area (Å²) in [5.74, 6) is -0.589. The van der Waals surface area contributed by atoms with Gasteiger partial charge in [-0.3, -0.25) is 0 Å². The third-order valence-electron chi connectivity index (χ3n) is 4.78. The SMILES string of the molecule is [O-][S+](Cc1ccccc1-c1ccoc1)NC(Cc1coc2ccccc12)B(O)O. The lowest BCUT2D eigenvalue weighted by Gasteiger charge is -2.20. The van der Waals surface area contributed by atoms with Crippen LogP contribution >= 0.6 is 0 Å². The van der Waals surface area contributed by atoms with Crippen molar-refractivity contribution in [1.82, 2.24) is 4.72 Å². The van der Waals surface area contributed by atoms with Crippen LogP contribution in [0.5, 0.6) is 0 Å². The molecule has 148 valence electrons. The smallest absolute Gasteiger partial charge is 0.474 e. The van der Waals surface area contributed by atoms with Crippen LogP contribution in [-0.2, 0) is 23.5 Å². The van der Waals surface area contributed by atoms with Crippen molar-refractivity contribution in [2.24, 2.45) is 0 Å². The van der Waals surface area contributed by atoms with E-state index in [1.54, 1.807) is 18.8 Å². The number of benzene rings is 2. The minimum atomic E-state index is -1.67. The van der Waals surface area contributed by atoms with Gasteiger partial charge in [0.25, 0.3) is 0 Å². The van der Waals surface area contributed by atoms with Crippen LogP contribution < -0.4 is 4.72 Å². The first kappa shape index (κ1) is 19.8. The molecule has 2 atom stereocenters. The zero-order valence-electron chi connectivity index (χ0n) is 15.5. The van der Waals surface area contributed by atoms with Crippen LogP contribution in [-0.4, -0.2) is 27.7 Å². The highest BCUT2D eigenvalue weighted by Crippen LogP contribution is 2.26. The lowest BCUT2D eigenvalue weighted by Crippen LogP contribution is -2.48. The molecule has 0 fully saturated rings. The molecular formula is C21H20BNO5S. The number of hydrogen-bond acceptors (Lipinski definition) is 6. The van der Waals surface area contributed by atoms with Gasteiger partial charge in [0.2, 0.25) is 0 Å². The van der Waals surface area contributed by atoms with Crippen molar-refractivity contribution in [1.29, 1.82) is 0 Å². The largest absolute Gasteiger partial charge is 0.598 e. The molecule has 4 aromatic rings. The van der Waals surface area contributed by atoms with Crippen LogP contribution in [0.2, 0.25) is 0 Å². The highest BCUT2D eigenvalue weighted by Gasteiger charge is 2.30. The van der Waals surface area contributed by atoms with Crippen molar-refractivity contribution >= 4 is 29.4 Å². The van der Waals surface area contributed by atoms with Gasteiger partial charge in [-0.15, -0.1) is 4.72 Å². The number of fused-ring (bicyclic) bond motifs is 1.